The number of aromatic amines is 1. The van der Waals surface area contributed by atoms with E-state index in [1.165, 1.54) is 18.4 Å². The molecular weight excluding hydrogens is 210 g/mol. The molecule has 1 heterocycles. The zero-order valence-electron chi connectivity index (χ0n) is 10.3. The molecule has 0 amide bonds. The average Bonchev–Trinajstić information content (AvgIpc) is 3.13. The summed E-state index contributed by atoms with van der Waals surface area (Å²) >= 11 is 0. The molecule has 3 rings (SSSR count). The summed E-state index contributed by atoms with van der Waals surface area (Å²) in [6.07, 6.45) is 4.24. The van der Waals surface area contributed by atoms with Gasteiger partial charge in [-0.2, -0.15) is 0 Å². The fourth-order valence-corrected chi connectivity index (χ4v) is 2.31. The maximum Gasteiger partial charge on any atom is 0.192 e. The van der Waals surface area contributed by atoms with E-state index in [4.69, 9.17) is 0 Å². The Kier molecular flexibility index (Phi) is 2.32. The smallest absolute Gasteiger partial charge is 0.192 e. The van der Waals surface area contributed by atoms with E-state index < -0.39 is 0 Å². The van der Waals surface area contributed by atoms with Crippen LogP contribution in [-0.4, -0.2) is 4.98 Å². The summed E-state index contributed by atoms with van der Waals surface area (Å²) in [7, 11) is 0. The highest BCUT2D eigenvalue weighted by molar-refractivity contribution is 5.79. The molecule has 1 aliphatic carbocycles. The number of fused-ring (bicyclic) bond motifs is 1. The monoisotopic (exact) mass is 227 g/mol. The average molecular weight is 227 g/mol. The van der Waals surface area contributed by atoms with Crippen LogP contribution in [0.15, 0.2) is 29.2 Å². The fraction of sp³-hybridized carbons (Fsp3) is 0.400. The molecule has 0 spiro atoms. The molecule has 17 heavy (non-hydrogen) atoms. The predicted molar refractivity (Wildman–Crippen MR) is 70.6 cm³/mol. The molecule has 2 heteroatoms. The van der Waals surface area contributed by atoms with E-state index in [1.54, 1.807) is 0 Å². The Morgan fingerprint density at radius 3 is 2.71 bits per heavy atom. The van der Waals surface area contributed by atoms with Crippen LogP contribution in [0.2, 0.25) is 0 Å². The first-order chi connectivity index (χ1) is 8.16. The number of benzene rings is 1. The van der Waals surface area contributed by atoms with Crippen LogP contribution in [0.25, 0.3) is 10.9 Å². The van der Waals surface area contributed by atoms with Gasteiger partial charge in [0.2, 0.25) is 0 Å². The highest BCUT2D eigenvalue weighted by Gasteiger charge is 2.26. The van der Waals surface area contributed by atoms with Crippen molar-refractivity contribution in [3.63, 3.8) is 0 Å². The second-order valence-corrected chi connectivity index (χ2v) is 5.31. The first-order valence-corrected chi connectivity index (χ1v) is 6.32. The third-order valence-electron chi connectivity index (χ3n) is 3.62. The van der Waals surface area contributed by atoms with Crippen molar-refractivity contribution in [1.29, 1.82) is 0 Å². The minimum absolute atomic E-state index is 0.219. The molecule has 2 nitrogen and oxygen atoms in total. The van der Waals surface area contributed by atoms with Gasteiger partial charge in [0.1, 0.15) is 0 Å². The lowest BCUT2D eigenvalue weighted by Crippen LogP contribution is -2.09. The molecule has 0 unspecified atom stereocenters. The lowest BCUT2D eigenvalue weighted by Gasteiger charge is -2.07. The molecule has 1 saturated carbocycles. The highest BCUT2D eigenvalue weighted by Crippen LogP contribution is 2.38. The maximum atomic E-state index is 12.3. The molecular formula is C15H17NO. The molecule has 1 N–H and O–H groups in total. The van der Waals surface area contributed by atoms with Crippen molar-refractivity contribution >= 4 is 10.9 Å². The van der Waals surface area contributed by atoms with Gasteiger partial charge in [-0.15, -0.1) is 0 Å². The fourth-order valence-electron chi connectivity index (χ4n) is 2.31. The number of nitrogens with one attached hydrogen (secondary N) is 1. The van der Waals surface area contributed by atoms with Gasteiger partial charge in [0.25, 0.3) is 0 Å². The molecule has 1 aliphatic rings. The standard InChI is InChI=1S/C15H17NO/c1-9(2)11-5-6-12-14(7-11)16-8-13(15(12)17)10-3-4-10/h5-10H,3-4H2,1-2H3,(H,16,17). The van der Waals surface area contributed by atoms with Gasteiger partial charge in [0, 0.05) is 22.7 Å². The van der Waals surface area contributed by atoms with Gasteiger partial charge in [0.05, 0.1) is 0 Å². The number of rotatable bonds is 2. The van der Waals surface area contributed by atoms with Crippen molar-refractivity contribution in [3.8, 4) is 0 Å². The molecule has 1 fully saturated rings. The molecule has 88 valence electrons. The van der Waals surface area contributed by atoms with E-state index >= 15 is 0 Å². The summed E-state index contributed by atoms with van der Waals surface area (Å²) in [5.74, 6) is 0.999. The zero-order chi connectivity index (χ0) is 12.0. The third-order valence-corrected chi connectivity index (χ3v) is 3.62. The quantitative estimate of drug-likeness (QED) is 0.836. The Bertz CT molecular complexity index is 620. The Labute approximate surface area is 101 Å². The number of H-pyrrole nitrogens is 1. The van der Waals surface area contributed by atoms with Crippen molar-refractivity contribution in [2.75, 3.05) is 0 Å². The number of aromatic nitrogens is 1. The van der Waals surface area contributed by atoms with Gasteiger partial charge < -0.3 is 4.98 Å². The molecule has 0 bridgehead atoms. The molecule has 1 aromatic heterocycles. The van der Waals surface area contributed by atoms with Crippen LogP contribution in [0.5, 0.6) is 0 Å². The van der Waals surface area contributed by atoms with Crippen LogP contribution in [0.1, 0.15) is 49.7 Å². The van der Waals surface area contributed by atoms with E-state index in [9.17, 15) is 4.79 Å². The second-order valence-electron chi connectivity index (χ2n) is 5.31. The minimum atomic E-state index is 0.219. The summed E-state index contributed by atoms with van der Waals surface area (Å²) in [6.45, 7) is 4.33. The Morgan fingerprint density at radius 1 is 1.29 bits per heavy atom. The van der Waals surface area contributed by atoms with Gasteiger partial charge in [-0.05, 0) is 42.4 Å². The molecule has 0 radical (unpaired) electrons. The lowest BCUT2D eigenvalue weighted by atomic mass is 10.0. The largest absolute Gasteiger partial charge is 0.361 e. The number of hydrogen-bond acceptors (Lipinski definition) is 1. The lowest BCUT2D eigenvalue weighted by molar-refractivity contribution is 0.868. The van der Waals surface area contributed by atoms with Crippen molar-refractivity contribution in [3.05, 3.63) is 45.7 Å². The molecule has 0 atom stereocenters. The van der Waals surface area contributed by atoms with Gasteiger partial charge in [-0.25, -0.2) is 0 Å². The van der Waals surface area contributed by atoms with Crippen molar-refractivity contribution in [2.24, 2.45) is 0 Å². The molecule has 2 aromatic rings. The van der Waals surface area contributed by atoms with Gasteiger partial charge in [-0.3, -0.25) is 4.79 Å². The third kappa shape index (κ3) is 1.78. The van der Waals surface area contributed by atoms with Crippen LogP contribution in [0.4, 0.5) is 0 Å². The molecule has 1 aromatic carbocycles. The van der Waals surface area contributed by atoms with E-state index in [1.807, 2.05) is 12.3 Å². The topological polar surface area (TPSA) is 32.9 Å². The van der Waals surface area contributed by atoms with Crippen molar-refractivity contribution < 1.29 is 0 Å². The summed E-state index contributed by atoms with van der Waals surface area (Å²) in [5.41, 5.74) is 3.42. The van der Waals surface area contributed by atoms with Crippen molar-refractivity contribution in [1.82, 2.24) is 4.98 Å². The second kappa shape index (κ2) is 3.73. The SMILES string of the molecule is CC(C)c1ccc2c(=O)c(C3CC3)c[nH]c2c1. The minimum Gasteiger partial charge on any atom is -0.361 e. The van der Waals surface area contributed by atoms with E-state index in [0.717, 1.165) is 16.5 Å². The normalized spacial score (nSPS) is 15.7. The maximum absolute atomic E-state index is 12.3. The van der Waals surface area contributed by atoms with Crippen LogP contribution in [-0.2, 0) is 0 Å². The first-order valence-electron chi connectivity index (χ1n) is 6.32. The Morgan fingerprint density at radius 2 is 2.06 bits per heavy atom. The summed E-state index contributed by atoms with van der Waals surface area (Å²) in [5, 5.41) is 0.832. The summed E-state index contributed by atoms with van der Waals surface area (Å²) in [4.78, 5) is 15.5. The van der Waals surface area contributed by atoms with E-state index in [-0.39, 0.29) is 5.43 Å². The number of pyridine rings is 1. The first kappa shape index (κ1) is 10.6. The summed E-state index contributed by atoms with van der Waals surface area (Å²) < 4.78 is 0. The predicted octanol–water partition coefficient (Wildman–Crippen LogP) is 3.53. The van der Waals surface area contributed by atoms with Crippen LogP contribution in [0, 0.1) is 0 Å². The van der Waals surface area contributed by atoms with Gasteiger partial charge in [0.15, 0.2) is 5.43 Å². The van der Waals surface area contributed by atoms with Crippen LogP contribution < -0.4 is 5.43 Å². The van der Waals surface area contributed by atoms with Gasteiger partial charge in [-0.1, -0.05) is 19.9 Å². The number of hydrogen-bond donors (Lipinski definition) is 1. The Hall–Kier alpha value is -1.57. The van der Waals surface area contributed by atoms with Crippen LogP contribution in [0.3, 0.4) is 0 Å². The Balaban J connectivity index is 2.21. The molecule has 0 aliphatic heterocycles. The zero-order valence-corrected chi connectivity index (χ0v) is 10.3. The van der Waals surface area contributed by atoms with E-state index in [0.29, 0.717) is 11.8 Å². The van der Waals surface area contributed by atoms with Crippen LogP contribution >= 0.6 is 0 Å². The van der Waals surface area contributed by atoms with Crippen molar-refractivity contribution in [2.45, 2.75) is 38.5 Å². The summed E-state index contributed by atoms with van der Waals surface area (Å²) in [6, 6.07) is 6.13. The van der Waals surface area contributed by atoms with E-state index in [2.05, 4.69) is 31.0 Å². The highest BCUT2D eigenvalue weighted by atomic mass is 16.1. The van der Waals surface area contributed by atoms with Gasteiger partial charge >= 0.3 is 0 Å². The molecule has 0 saturated heterocycles.